The van der Waals surface area contributed by atoms with E-state index in [2.05, 4.69) is 0 Å². The fraction of sp³-hybridized carbons (Fsp3) is 0.318. The van der Waals surface area contributed by atoms with Gasteiger partial charge in [-0.15, -0.1) is 0 Å². The van der Waals surface area contributed by atoms with Gasteiger partial charge in [-0.2, -0.15) is 0 Å². The summed E-state index contributed by atoms with van der Waals surface area (Å²) in [5.74, 6) is 1.61. The van der Waals surface area contributed by atoms with Gasteiger partial charge in [0.05, 0.1) is 6.61 Å². The van der Waals surface area contributed by atoms with E-state index in [4.69, 9.17) is 14.2 Å². The van der Waals surface area contributed by atoms with Crippen molar-refractivity contribution in [2.75, 3.05) is 18.6 Å². The quantitative estimate of drug-likeness (QED) is 0.743. The van der Waals surface area contributed by atoms with Crippen molar-refractivity contribution < 1.29 is 19.0 Å². The van der Waals surface area contributed by atoms with E-state index < -0.39 is 6.09 Å². The Morgan fingerprint density at radius 2 is 1.89 bits per heavy atom. The minimum Gasteiger partial charge on any atom is -0.494 e. The number of carbonyl (C=O) groups excluding carboxylic acids is 1. The van der Waals surface area contributed by atoms with Crippen LogP contribution in [-0.4, -0.2) is 25.3 Å². The maximum atomic E-state index is 12.4. The molecule has 0 saturated carbocycles. The summed E-state index contributed by atoms with van der Waals surface area (Å²) in [6.07, 6.45) is 3.61. The summed E-state index contributed by atoms with van der Waals surface area (Å²) < 4.78 is 16.7. The van der Waals surface area contributed by atoms with Gasteiger partial charge >= 0.3 is 6.09 Å². The maximum Gasteiger partial charge on any atom is 0.414 e. The van der Waals surface area contributed by atoms with E-state index in [0.29, 0.717) is 6.61 Å². The molecule has 0 aliphatic carbocycles. The monoisotopic (exact) mass is 367 g/mol. The van der Waals surface area contributed by atoms with Crippen molar-refractivity contribution in [2.45, 2.75) is 33.0 Å². The van der Waals surface area contributed by atoms with Crippen LogP contribution >= 0.6 is 0 Å². The van der Waals surface area contributed by atoms with Crippen LogP contribution in [0.5, 0.6) is 11.5 Å². The molecule has 1 heterocycles. The Morgan fingerprint density at radius 1 is 1.15 bits per heavy atom. The van der Waals surface area contributed by atoms with Gasteiger partial charge < -0.3 is 14.2 Å². The van der Waals surface area contributed by atoms with Gasteiger partial charge in [-0.25, -0.2) is 4.79 Å². The van der Waals surface area contributed by atoms with E-state index in [0.717, 1.165) is 28.3 Å². The van der Waals surface area contributed by atoms with Crippen LogP contribution in [0.25, 0.3) is 6.08 Å². The second-order valence-electron chi connectivity index (χ2n) is 6.95. The summed E-state index contributed by atoms with van der Waals surface area (Å²) >= 11 is 0. The number of benzene rings is 2. The average molecular weight is 367 g/mol. The fourth-order valence-electron chi connectivity index (χ4n) is 2.77. The smallest absolute Gasteiger partial charge is 0.414 e. The topological polar surface area (TPSA) is 48.0 Å². The van der Waals surface area contributed by atoms with Crippen molar-refractivity contribution in [1.29, 1.82) is 0 Å². The number of hydrogen-bond donors (Lipinski definition) is 0. The predicted molar refractivity (Wildman–Crippen MR) is 106 cm³/mol. The predicted octanol–water partition coefficient (Wildman–Crippen LogP) is 5.04. The summed E-state index contributed by atoms with van der Waals surface area (Å²) in [6, 6.07) is 13.2. The van der Waals surface area contributed by atoms with Crippen LogP contribution < -0.4 is 14.4 Å². The van der Waals surface area contributed by atoms with Crippen LogP contribution in [0.4, 0.5) is 10.5 Å². The first-order valence-corrected chi connectivity index (χ1v) is 9.02. The molecule has 5 heteroatoms. The van der Waals surface area contributed by atoms with Crippen LogP contribution in [0.3, 0.4) is 0 Å². The summed E-state index contributed by atoms with van der Waals surface area (Å²) in [5, 5.41) is 0. The van der Waals surface area contributed by atoms with E-state index in [-0.39, 0.29) is 12.2 Å². The molecule has 1 aliphatic heterocycles. The Labute approximate surface area is 160 Å². The first kappa shape index (κ1) is 18.8. The number of fused-ring (bicyclic) bond motifs is 1. The molecule has 5 nitrogen and oxygen atoms in total. The zero-order valence-corrected chi connectivity index (χ0v) is 16.2. The Hall–Kier alpha value is -2.95. The lowest BCUT2D eigenvalue weighted by atomic mass is 10.0. The van der Waals surface area contributed by atoms with E-state index in [1.807, 2.05) is 75.4 Å². The van der Waals surface area contributed by atoms with Gasteiger partial charge in [0.2, 0.25) is 0 Å². The molecule has 27 heavy (non-hydrogen) atoms. The van der Waals surface area contributed by atoms with Gasteiger partial charge in [0, 0.05) is 18.3 Å². The van der Waals surface area contributed by atoms with Gasteiger partial charge in [-0.05, 0) is 62.7 Å². The highest BCUT2D eigenvalue weighted by Gasteiger charge is 2.22. The van der Waals surface area contributed by atoms with Gasteiger partial charge in [-0.1, -0.05) is 18.2 Å². The van der Waals surface area contributed by atoms with Crippen LogP contribution in [-0.2, 0) is 11.3 Å². The van der Waals surface area contributed by atoms with Crippen molar-refractivity contribution in [3.05, 3.63) is 59.7 Å². The lowest BCUT2D eigenvalue weighted by Crippen LogP contribution is -2.29. The minimum atomic E-state index is -0.412. The average Bonchev–Trinajstić information content (AvgIpc) is 2.66. The number of anilines is 1. The zero-order chi connectivity index (χ0) is 19.4. The normalized spacial score (nSPS) is 14.1. The molecule has 3 rings (SSSR count). The molecule has 1 aliphatic rings. The minimum absolute atomic E-state index is 0.206. The van der Waals surface area contributed by atoms with Crippen molar-refractivity contribution >= 4 is 17.9 Å². The standard InChI is InChI=1S/C22H25NO4/c1-5-25-19-9-6-16(7-10-19)15-26-21(24)23(4)18-8-11-20-17(14-18)12-13-22(2,3)27-20/h6-14H,5,15H2,1-4H3. The molecule has 0 N–H and O–H groups in total. The number of ether oxygens (including phenoxy) is 3. The lowest BCUT2D eigenvalue weighted by molar-refractivity contribution is 0.148. The second kappa shape index (κ2) is 7.74. The van der Waals surface area contributed by atoms with Crippen molar-refractivity contribution in [1.82, 2.24) is 0 Å². The highest BCUT2D eigenvalue weighted by atomic mass is 16.6. The number of amides is 1. The van der Waals surface area contributed by atoms with Crippen LogP contribution in [0, 0.1) is 0 Å². The zero-order valence-electron chi connectivity index (χ0n) is 16.2. The van der Waals surface area contributed by atoms with Gasteiger partial charge in [0.1, 0.15) is 23.7 Å². The number of nitrogens with zero attached hydrogens (tertiary/aromatic N) is 1. The first-order valence-electron chi connectivity index (χ1n) is 9.02. The third kappa shape index (κ3) is 4.61. The molecular formula is C22H25NO4. The Kier molecular flexibility index (Phi) is 5.40. The Balaban J connectivity index is 1.62. The maximum absolute atomic E-state index is 12.4. The molecule has 0 atom stereocenters. The first-order chi connectivity index (χ1) is 12.9. The summed E-state index contributed by atoms with van der Waals surface area (Å²) in [7, 11) is 1.69. The molecule has 0 radical (unpaired) electrons. The lowest BCUT2D eigenvalue weighted by Gasteiger charge is -2.28. The Bertz CT molecular complexity index is 840. The molecule has 1 amide bonds. The third-order valence-electron chi connectivity index (χ3n) is 4.29. The molecule has 0 saturated heterocycles. The second-order valence-corrected chi connectivity index (χ2v) is 6.95. The summed E-state index contributed by atoms with van der Waals surface area (Å²) in [5.41, 5.74) is 2.28. The number of carbonyl (C=O) groups is 1. The van der Waals surface area contributed by atoms with Gasteiger partial charge in [0.25, 0.3) is 0 Å². The van der Waals surface area contributed by atoms with Crippen molar-refractivity contribution in [3.63, 3.8) is 0 Å². The van der Waals surface area contributed by atoms with Crippen LogP contribution in [0.15, 0.2) is 48.5 Å². The van der Waals surface area contributed by atoms with E-state index >= 15 is 0 Å². The van der Waals surface area contributed by atoms with E-state index in [1.165, 1.54) is 4.90 Å². The fourth-order valence-corrected chi connectivity index (χ4v) is 2.77. The van der Waals surface area contributed by atoms with Gasteiger partial charge in [0.15, 0.2) is 0 Å². The van der Waals surface area contributed by atoms with Crippen molar-refractivity contribution in [3.8, 4) is 11.5 Å². The molecule has 2 aromatic rings. The molecule has 0 aromatic heterocycles. The molecular weight excluding hydrogens is 342 g/mol. The molecule has 0 spiro atoms. The highest BCUT2D eigenvalue weighted by Crippen LogP contribution is 2.33. The summed E-state index contributed by atoms with van der Waals surface area (Å²) in [6.45, 7) is 6.78. The van der Waals surface area contributed by atoms with Crippen LogP contribution in [0.1, 0.15) is 31.9 Å². The molecule has 0 bridgehead atoms. The molecule has 2 aromatic carbocycles. The molecule has 0 unspecified atom stereocenters. The summed E-state index contributed by atoms with van der Waals surface area (Å²) in [4.78, 5) is 13.9. The SMILES string of the molecule is CCOc1ccc(COC(=O)N(C)c2ccc3c(c2)C=CC(C)(C)O3)cc1. The van der Waals surface area contributed by atoms with E-state index in [9.17, 15) is 4.79 Å². The molecule has 142 valence electrons. The third-order valence-corrected chi connectivity index (χ3v) is 4.29. The van der Waals surface area contributed by atoms with Gasteiger partial charge in [-0.3, -0.25) is 4.90 Å². The largest absolute Gasteiger partial charge is 0.494 e. The van der Waals surface area contributed by atoms with Crippen molar-refractivity contribution in [2.24, 2.45) is 0 Å². The number of rotatable bonds is 5. The Morgan fingerprint density at radius 3 is 2.59 bits per heavy atom. The molecule has 0 fully saturated rings. The van der Waals surface area contributed by atoms with Crippen LogP contribution in [0.2, 0.25) is 0 Å². The highest BCUT2D eigenvalue weighted by molar-refractivity contribution is 5.88. The van der Waals surface area contributed by atoms with E-state index in [1.54, 1.807) is 7.05 Å². The number of hydrogen-bond acceptors (Lipinski definition) is 4.